The van der Waals surface area contributed by atoms with Crippen molar-refractivity contribution in [1.29, 1.82) is 0 Å². The molecule has 0 aliphatic heterocycles. The average molecular weight is 167 g/mol. The molecular formula is C8H13N3O. The topological polar surface area (TPSA) is 58.0 Å². The van der Waals surface area contributed by atoms with Crippen molar-refractivity contribution in [3.63, 3.8) is 0 Å². The van der Waals surface area contributed by atoms with Crippen molar-refractivity contribution in [2.75, 3.05) is 11.9 Å². The monoisotopic (exact) mass is 167 g/mol. The number of aliphatic hydroxyl groups is 1. The molecule has 0 fully saturated rings. The highest BCUT2D eigenvalue weighted by molar-refractivity contribution is 5.32. The molecule has 1 aromatic rings. The van der Waals surface area contributed by atoms with E-state index in [1.807, 2.05) is 13.0 Å². The molecule has 1 heterocycles. The zero-order valence-electron chi connectivity index (χ0n) is 7.07. The zero-order chi connectivity index (χ0) is 8.81. The molecule has 1 atom stereocenters. The van der Waals surface area contributed by atoms with Crippen LogP contribution in [-0.2, 0) is 0 Å². The Balaban J connectivity index is 2.51. The van der Waals surface area contributed by atoms with Gasteiger partial charge < -0.3 is 10.4 Å². The van der Waals surface area contributed by atoms with E-state index in [2.05, 4.69) is 15.5 Å². The van der Waals surface area contributed by atoms with E-state index in [0.29, 0.717) is 5.82 Å². The molecular weight excluding hydrogens is 154 g/mol. The van der Waals surface area contributed by atoms with Gasteiger partial charge >= 0.3 is 0 Å². The number of nitrogens with zero attached hydrogens (tertiary/aromatic N) is 2. The molecule has 0 bridgehead atoms. The largest absolute Gasteiger partial charge is 0.394 e. The maximum atomic E-state index is 8.88. The average Bonchev–Trinajstić information content (AvgIpc) is 2.16. The Bertz CT molecular complexity index is 211. The summed E-state index contributed by atoms with van der Waals surface area (Å²) in [6.45, 7) is 2.12. The van der Waals surface area contributed by atoms with Crippen LogP contribution in [-0.4, -0.2) is 28.0 Å². The molecule has 1 rings (SSSR count). The number of hydrogen-bond donors (Lipinski definition) is 2. The highest BCUT2D eigenvalue weighted by atomic mass is 16.3. The van der Waals surface area contributed by atoms with Crippen LogP contribution in [0.15, 0.2) is 18.3 Å². The summed E-state index contributed by atoms with van der Waals surface area (Å²) in [5, 5.41) is 19.5. The lowest BCUT2D eigenvalue weighted by molar-refractivity contribution is 0.271. The molecule has 4 nitrogen and oxygen atoms in total. The number of aliphatic hydroxyl groups excluding tert-OH is 1. The van der Waals surface area contributed by atoms with Crippen molar-refractivity contribution in [2.45, 2.75) is 19.4 Å². The molecule has 0 aromatic carbocycles. The third-order valence-electron chi connectivity index (χ3n) is 1.64. The second kappa shape index (κ2) is 4.66. The molecule has 4 heteroatoms. The van der Waals surface area contributed by atoms with E-state index in [1.54, 1.807) is 12.3 Å². The lowest BCUT2D eigenvalue weighted by Crippen LogP contribution is -2.23. The molecule has 12 heavy (non-hydrogen) atoms. The quantitative estimate of drug-likeness (QED) is 0.691. The second-order valence-corrected chi connectivity index (χ2v) is 2.54. The van der Waals surface area contributed by atoms with Crippen molar-refractivity contribution in [2.24, 2.45) is 0 Å². The molecule has 2 N–H and O–H groups in total. The molecule has 0 saturated heterocycles. The van der Waals surface area contributed by atoms with Gasteiger partial charge in [-0.2, -0.15) is 5.10 Å². The number of rotatable bonds is 4. The molecule has 66 valence electrons. The van der Waals surface area contributed by atoms with Crippen LogP contribution < -0.4 is 5.32 Å². The summed E-state index contributed by atoms with van der Waals surface area (Å²) in [6.07, 6.45) is 2.48. The SMILES string of the molecule is CC[C@H](CO)Nc1cccnn1. The molecule has 0 unspecified atom stereocenters. The van der Waals surface area contributed by atoms with E-state index >= 15 is 0 Å². The standard InChI is InChI=1S/C8H13N3O/c1-2-7(6-12)10-8-4-3-5-9-11-8/h3-5,7,12H,2,6H2,1H3,(H,10,11)/t7-/m1/s1. The van der Waals surface area contributed by atoms with Gasteiger partial charge in [0.25, 0.3) is 0 Å². The van der Waals surface area contributed by atoms with Gasteiger partial charge in [0, 0.05) is 6.20 Å². The van der Waals surface area contributed by atoms with E-state index in [-0.39, 0.29) is 12.6 Å². The Hall–Kier alpha value is -1.16. The van der Waals surface area contributed by atoms with Crippen LogP contribution in [0.3, 0.4) is 0 Å². The van der Waals surface area contributed by atoms with Crippen LogP contribution in [0, 0.1) is 0 Å². The van der Waals surface area contributed by atoms with Gasteiger partial charge in [0.2, 0.25) is 0 Å². The zero-order valence-corrected chi connectivity index (χ0v) is 7.07. The van der Waals surface area contributed by atoms with Gasteiger partial charge in [-0.25, -0.2) is 0 Å². The normalized spacial score (nSPS) is 12.5. The van der Waals surface area contributed by atoms with Crippen molar-refractivity contribution >= 4 is 5.82 Å². The van der Waals surface area contributed by atoms with Crippen molar-refractivity contribution in [3.8, 4) is 0 Å². The number of nitrogens with one attached hydrogen (secondary N) is 1. The molecule has 0 radical (unpaired) electrons. The molecule has 0 aliphatic rings. The van der Waals surface area contributed by atoms with Crippen LogP contribution in [0.25, 0.3) is 0 Å². The fourth-order valence-electron chi connectivity index (χ4n) is 0.864. The first-order valence-corrected chi connectivity index (χ1v) is 4.02. The first-order valence-electron chi connectivity index (χ1n) is 4.02. The Morgan fingerprint density at radius 1 is 1.67 bits per heavy atom. The Morgan fingerprint density at radius 3 is 3.00 bits per heavy atom. The predicted molar refractivity (Wildman–Crippen MR) is 46.8 cm³/mol. The summed E-state index contributed by atoms with van der Waals surface area (Å²) in [6, 6.07) is 3.70. The van der Waals surface area contributed by atoms with Gasteiger partial charge in [-0.1, -0.05) is 6.92 Å². The molecule has 0 saturated carbocycles. The van der Waals surface area contributed by atoms with Gasteiger partial charge in [0.1, 0.15) is 5.82 Å². The fraction of sp³-hybridized carbons (Fsp3) is 0.500. The second-order valence-electron chi connectivity index (χ2n) is 2.54. The summed E-state index contributed by atoms with van der Waals surface area (Å²) in [7, 11) is 0. The summed E-state index contributed by atoms with van der Waals surface area (Å²) in [4.78, 5) is 0. The third kappa shape index (κ3) is 2.47. The third-order valence-corrected chi connectivity index (χ3v) is 1.64. The van der Waals surface area contributed by atoms with Crippen LogP contribution >= 0.6 is 0 Å². The smallest absolute Gasteiger partial charge is 0.148 e. The minimum atomic E-state index is 0.0710. The van der Waals surface area contributed by atoms with Gasteiger partial charge in [-0.3, -0.25) is 0 Å². The van der Waals surface area contributed by atoms with Crippen LogP contribution in [0.1, 0.15) is 13.3 Å². The number of hydrogen-bond acceptors (Lipinski definition) is 4. The summed E-state index contributed by atoms with van der Waals surface area (Å²) in [5.74, 6) is 0.707. The minimum Gasteiger partial charge on any atom is -0.394 e. The van der Waals surface area contributed by atoms with E-state index < -0.39 is 0 Å². The van der Waals surface area contributed by atoms with E-state index in [0.717, 1.165) is 6.42 Å². The predicted octanol–water partition coefficient (Wildman–Crippen LogP) is 0.659. The summed E-state index contributed by atoms with van der Waals surface area (Å²) >= 11 is 0. The Labute approximate surface area is 71.6 Å². The molecule has 1 aromatic heterocycles. The highest BCUT2D eigenvalue weighted by Gasteiger charge is 2.03. The maximum Gasteiger partial charge on any atom is 0.148 e. The van der Waals surface area contributed by atoms with Crippen molar-refractivity contribution < 1.29 is 5.11 Å². The van der Waals surface area contributed by atoms with Gasteiger partial charge in [-0.15, -0.1) is 5.10 Å². The van der Waals surface area contributed by atoms with Crippen molar-refractivity contribution in [1.82, 2.24) is 10.2 Å². The van der Waals surface area contributed by atoms with Gasteiger partial charge in [0.15, 0.2) is 0 Å². The lowest BCUT2D eigenvalue weighted by atomic mass is 10.2. The minimum absolute atomic E-state index is 0.0710. The summed E-state index contributed by atoms with van der Waals surface area (Å²) in [5.41, 5.74) is 0. The number of aromatic nitrogens is 2. The lowest BCUT2D eigenvalue weighted by Gasteiger charge is -2.13. The highest BCUT2D eigenvalue weighted by Crippen LogP contribution is 2.02. The van der Waals surface area contributed by atoms with Gasteiger partial charge in [-0.05, 0) is 18.6 Å². The Kier molecular flexibility index (Phi) is 3.47. The molecule has 0 spiro atoms. The van der Waals surface area contributed by atoms with Gasteiger partial charge in [0.05, 0.1) is 12.6 Å². The van der Waals surface area contributed by atoms with E-state index in [4.69, 9.17) is 5.11 Å². The first kappa shape index (κ1) is 8.93. The Morgan fingerprint density at radius 2 is 2.50 bits per heavy atom. The van der Waals surface area contributed by atoms with E-state index in [9.17, 15) is 0 Å². The van der Waals surface area contributed by atoms with Crippen LogP contribution in [0.2, 0.25) is 0 Å². The van der Waals surface area contributed by atoms with Crippen LogP contribution in [0.5, 0.6) is 0 Å². The molecule has 0 aliphatic carbocycles. The van der Waals surface area contributed by atoms with Crippen LogP contribution in [0.4, 0.5) is 5.82 Å². The molecule has 0 amide bonds. The first-order chi connectivity index (χ1) is 5.86. The number of anilines is 1. The fourth-order valence-corrected chi connectivity index (χ4v) is 0.864. The van der Waals surface area contributed by atoms with E-state index in [1.165, 1.54) is 0 Å². The maximum absolute atomic E-state index is 8.88. The summed E-state index contributed by atoms with van der Waals surface area (Å²) < 4.78 is 0. The van der Waals surface area contributed by atoms with Crippen molar-refractivity contribution in [3.05, 3.63) is 18.3 Å².